The average molecular weight is 1060 g/mol. The number of benzene rings is 20. The van der Waals surface area contributed by atoms with Crippen molar-refractivity contribution in [2.45, 2.75) is 61.3 Å². The van der Waals surface area contributed by atoms with Gasteiger partial charge >= 0.3 is 0 Å². The van der Waals surface area contributed by atoms with E-state index in [1.807, 2.05) is 0 Å². The first-order valence-electron chi connectivity index (χ1n) is 32.6. The van der Waals surface area contributed by atoms with Crippen LogP contribution in [-0.4, -0.2) is 25.1 Å². The second-order valence-electron chi connectivity index (χ2n) is 30.9. The van der Waals surface area contributed by atoms with Crippen LogP contribution in [0.1, 0.15) is 89.4 Å². The van der Waals surface area contributed by atoms with E-state index in [-0.39, 0.29) is 17.9 Å². The van der Waals surface area contributed by atoms with Crippen LogP contribution in [0.4, 0.5) is 0 Å². The molecule has 0 amide bonds. The lowest BCUT2D eigenvalue weighted by Crippen LogP contribution is -2.62. The first-order valence-corrected chi connectivity index (χ1v) is 32.6. The number of rotatable bonds is 7. The molecule has 85 heavy (non-hydrogen) atoms. The summed E-state index contributed by atoms with van der Waals surface area (Å²) in [6, 6.07) is 20.2. The minimum Gasteiger partial charge on any atom is -0.494 e. The maximum Gasteiger partial charge on any atom is 0.119 e. The number of ether oxygens (including phenoxy) is 1. The second kappa shape index (κ2) is 8.71. The zero-order valence-corrected chi connectivity index (χ0v) is 45.4. The lowest BCUT2D eigenvalue weighted by Gasteiger charge is -2.63. The van der Waals surface area contributed by atoms with Crippen LogP contribution in [0, 0.1) is 0 Å². The van der Waals surface area contributed by atoms with Crippen LogP contribution >= 0.6 is 0 Å². The van der Waals surface area contributed by atoms with E-state index in [0.29, 0.717) is 0 Å². The molecule has 2 bridgehead atoms. The van der Waals surface area contributed by atoms with Crippen molar-refractivity contribution in [2.75, 3.05) is 20.2 Å². The monoisotopic (exact) mass is 1060 g/mol. The van der Waals surface area contributed by atoms with Gasteiger partial charge in [0.15, 0.2) is 0 Å². The normalized spacial score (nSPS) is 24.0. The lowest BCUT2D eigenvalue weighted by molar-refractivity contribution is 0.134. The summed E-state index contributed by atoms with van der Waals surface area (Å²) >= 11 is 0. The maximum absolute atomic E-state index is 6.65. The van der Waals surface area contributed by atoms with E-state index < -0.39 is 10.8 Å². The van der Waals surface area contributed by atoms with Crippen molar-refractivity contribution in [2.24, 2.45) is 0 Å². The summed E-state index contributed by atoms with van der Waals surface area (Å²) < 4.78 is 6.65. The van der Waals surface area contributed by atoms with Crippen molar-refractivity contribution < 1.29 is 4.74 Å². The molecule has 30 aromatic carbocycles. The molecule has 0 saturated carbocycles. The molecular weight excluding hydrogens is 1030 g/mol. The van der Waals surface area contributed by atoms with Crippen molar-refractivity contribution in [3.8, 4) is 5.75 Å². The van der Waals surface area contributed by atoms with Gasteiger partial charge in [0.1, 0.15) is 5.75 Å². The van der Waals surface area contributed by atoms with Gasteiger partial charge in [-0.2, -0.15) is 0 Å². The van der Waals surface area contributed by atoms with Crippen molar-refractivity contribution in [3.63, 3.8) is 0 Å². The van der Waals surface area contributed by atoms with Crippen molar-refractivity contribution in [1.82, 2.24) is 4.90 Å². The van der Waals surface area contributed by atoms with E-state index in [9.17, 15) is 0 Å². The van der Waals surface area contributed by atoms with Gasteiger partial charge in [-0.05, 0) is 355 Å². The Morgan fingerprint density at radius 1 is 0.329 bits per heavy atom. The molecular formula is C83H29NO. The van der Waals surface area contributed by atoms with Gasteiger partial charge < -0.3 is 4.74 Å². The molecule has 2 heteroatoms. The van der Waals surface area contributed by atoms with Crippen molar-refractivity contribution >= 4 is 291 Å². The first kappa shape index (κ1) is 35.1. The van der Waals surface area contributed by atoms with Gasteiger partial charge in [0.25, 0.3) is 0 Å². The number of hydrogen-bond acceptors (Lipinski definition) is 2. The van der Waals surface area contributed by atoms with Crippen LogP contribution in [-0.2, 0) is 10.8 Å². The predicted octanol–water partition coefficient (Wildman–Crippen LogP) is 21.8. The molecule has 0 radical (unpaired) electrons. The average Bonchev–Trinajstić information content (AvgIpc) is 1.39. The number of fused-ring (bicyclic) bond motifs is 2. The molecule has 1 saturated heterocycles. The topological polar surface area (TPSA) is 12.5 Å². The first-order chi connectivity index (χ1) is 42.3. The summed E-state index contributed by atoms with van der Waals surface area (Å²) in [6.45, 7) is 4.10. The van der Waals surface area contributed by atoms with Gasteiger partial charge in [0, 0.05) is 29.8 Å². The number of unbranched alkanes of at least 4 members (excludes halogenated alkanes) is 3. The second-order valence-corrected chi connectivity index (χ2v) is 30.9. The van der Waals surface area contributed by atoms with Crippen LogP contribution in [0.3, 0.4) is 0 Å². The summed E-state index contributed by atoms with van der Waals surface area (Å²) in [5.74, 6) is 1.41. The molecule has 30 aromatic rings. The maximum atomic E-state index is 6.65. The zero-order chi connectivity index (χ0) is 51.7. The number of likely N-dealkylation sites (N-methyl/N-ethyl adjacent to an activating group) is 1. The Bertz CT molecular complexity index is 7920. The highest BCUT2D eigenvalue weighted by Crippen LogP contribution is 2.89. The van der Waals surface area contributed by atoms with Gasteiger partial charge in [-0.15, -0.1) is 0 Å². The van der Waals surface area contributed by atoms with E-state index in [2.05, 4.69) is 67.4 Å². The van der Waals surface area contributed by atoms with Gasteiger partial charge in [0.05, 0.1) is 12.0 Å². The third kappa shape index (κ3) is 2.16. The Morgan fingerprint density at radius 3 is 0.918 bits per heavy atom. The lowest BCUT2D eigenvalue weighted by atomic mass is 9.38. The summed E-state index contributed by atoms with van der Waals surface area (Å²) in [5.41, 5.74) is 11.1. The van der Waals surface area contributed by atoms with E-state index in [1.54, 1.807) is 324 Å². The third-order valence-electron chi connectivity index (χ3n) is 29.9. The van der Waals surface area contributed by atoms with E-state index >= 15 is 0 Å². The molecule has 0 aromatic heterocycles. The van der Waals surface area contributed by atoms with Gasteiger partial charge in [0.2, 0.25) is 0 Å². The molecule has 0 unspecified atom stereocenters. The van der Waals surface area contributed by atoms with Gasteiger partial charge in [-0.25, -0.2) is 0 Å². The van der Waals surface area contributed by atoms with Gasteiger partial charge in [-0.1, -0.05) is 62.6 Å². The fraction of sp³-hybridized carbons (Fsp3) is 0.157. The SMILES string of the molecule is CCCCCCOc1ccc([C@H]2CN(C)[C@@H]3c4ccccc4[C@H]2C24c5c6c7c8c9c%10c(c%11c%12c2c2c5c5c%13c6c6c7c7c9c9c%14c%10c%10c%11c%11c%12c%12c2c2c5c5c%13c%13c6c6c7c9c7c9c%14c%10c%10c%11c%11c%12c2c2c5c5c%13c6c7c6c9c%10c%11c2c56)C834)cc1. The van der Waals surface area contributed by atoms with E-state index in [0.717, 1.165) is 25.3 Å². The minimum absolute atomic E-state index is 0.117. The van der Waals surface area contributed by atoms with Gasteiger partial charge in [-0.3, -0.25) is 4.90 Å². The summed E-state index contributed by atoms with van der Waals surface area (Å²) in [5, 5.41) is 90.4. The molecule has 2 aliphatic heterocycles. The fourth-order valence-corrected chi connectivity index (χ4v) is 29.4. The number of hydrogen-bond donors (Lipinski definition) is 0. The van der Waals surface area contributed by atoms with Crippen LogP contribution < -0.4 is 4.74 Å². The molecule has 3 atom stereocenters. The summed E-state index contributed by atoms with van der Waals surface area (Å²) in [7, 11) is 2.62. The Kier molecular flexibility index (Phi) is 3.59. The molecule has 0 N–H and O–H groups in total. The quantitative estimate of drug-likeness (QED) is 0.116. The molecule has 2 spiro atoms. The summed E-state index contributed by atoms with van der Waals surface area (Å²) in [6.07, 6.45) is 4.87. The molecule has 37 rings (SSSR count). The Morgan fingerprint density at radius 2 is 0.612 bits per heavy atom. The molecule has 7 aliphatic rings. The number of nitrogens with zero attached hydrogens (tertiary/aromatic N) is 1. The van der Waals surface area contributed by atoms with Crippen LogP contribution in [0.15, 0.2) is 48.5 Å². The Hall–Kier alpha value is -9.34. The molecule has 372 valence electrons. The molecule has 1 fully saturated rings. The highest BCUT2D eigenvalue weighted by molar-refractivity contribution is 6.82. The Balaban J connectivity index is 0.952. The smallest absolute Gasteiger partial charge is 0.119 e. The summed E-state index contributed by atoms with van der Waals surface area (Å²) in [4.78, 5) is 3.02. The van der Waals surface area contributed by atoms with Crippen LogP contribution in [0.25, 0.3) is 291 Å². The standard InChI is InChI=1S/C83H29NO/c1-3-4-5-8-15-85-18-13-11-17(12-14-18)21-16-84(2)81-20-10-7-6-9-19(20)76(21)82-77-68-60-50-40-32-24-22-23-26-30-28(24)36-44-38(30)48-42-34(26)35-27(23)31-29-25(22)33(32)41-47-37(29)45-39(31)49-43(35)53-52(42)62-56(48)66-58(44)64(54(60)46(36)40)70(77)72(66)79-74(62)75-63(53)57(49)67-59(45)65-55(47)61(51(41)50)69(68)78(82)71(65)73(67)80(75)83(79,81)82/h6-7,9-14,21,76,81H,3-5,8,15-16H2,1-2H3/t21-,76-,81-,82?,83?/m1/s1. The van der Waals surface area contributed by atoms with Crippen LogP contribution in [0.2, 0.25) is 0 Å². The van der Waals surface area contributed by atoms with Crippen LogP contribution in [0.5, 0.6) is 5.75 Å². The predicted molar refractivity (Wildman–Crippen MR) is 357 cm³/mol. The Labute approximate surface area is 472 Å². The van der Waals surface area contributed by atoms with E-state index in [1.165, 1.54) is 24.8 Å². The highest BCUT2D eigenvalue weighted by Gasteiger charge is 2.78. The van der Waals surface area contributed by atoms with Crippen molar-refractivity contribution in [3.05, 3.63) is 87.5 Å². The minimum atomic E-state index is -0.402. The zero-order valence-electron chi connectivity index (χ0n) is 45.4. The molecule has 2 heterocycles. The molecule has 2 nitrogen and oxygen atoms in total. The largest absolute Gasteiger partial charge is 0.494 e. The third-order valence-corrected chi connectivity index (χ3v) is 29.9. The van der Waals surface area contributed by atoms with Crippen molar-refractivity contribution in [1.29, 1.82) is 0 Å². The molecule has 5 aliphatic carbocycles. The highest BCUT2D eigenvalue weighted by atomic mass is 16.5. The van der Waals surface area contributed by atoms with E-state index in [4.69, 9.17) is 4.74 Å². The fourth-order valence-electron chi connectivity index (χ4n) is 29.4.